The molecule has 1 aliphatic heterocycles. The van der Waals surface area contributed by atoms with E-state index in [2.05, 4.69) is 15.5 Å². The first-order chi connectivity index (χ1) is 13.5. The molecule has 146 valence electrons. The Balaban J connectivity index is 1.58. The van der Waals surface area contributed by atoms with Gasteiger partial charge in [-0.15, -0.1) is 0 Å². The number of benzene rings is 1. The van der Waals surface area contributed by atoms with E-state index in [1.807, 2.05) is 0 Å². The molecule has 0 radical (unpaired) electrons. The molecule has 0 atom stereocenters. The van der Waals surface area contributed by atoms with Gasteiger partial charge in [0.1, 0.15) is 6.54 Å². The lowest BCUT2D eigenvalue weighted by Crippen LogP contribution is -2.39. The van der Waals surface area contributed by atoms with Crippen molar-refractivity contribution < 1.29 is 14.0 Å². The molecule has 1 aliphatic rings. The highest BCUT2D eigenvalue weighted by atomic mass is 16.4. The van der Waals surface area contributed by atoms with Gasteiger partial charge in [-0.3, -0.25) is 19.3 Å². The number of carbonyl (C=O) groups excluding carboxylic acids is 2. The standard InChI is InChI=1S/C19H21N5O4/c1-12-9-14(22-21-12)18(26)20-13-5-6-16-15(10-13)24(19(27)28-16)11-17(25)23-7-3-2-4-8-23/h5-6,9-10H,2-4,7-8,11H2,1H3,(H,20,26)(H,21,22). The number of piperidine rings is 1. The number of likely N-dealkylation sites (tertiary alicyclic amines) is 1. The second-order valence-corrected chi connectivity index (χ2v) is 6.97. The first-order valence-corrected chi connectivity index (χ1v) is 9.26. The van der Waals surface area contributed by atoms with Crippen LogP contribution in [0.4, 0.5) is 5.69 Å². The highest BCUT2D eigenvalue weighted by Gasteiger charge is 2.20. The highest BCUT2D eigenvalue weighted by molar-refractivity contribution is 6.03. The molecule has 3 heterocycles. The minimum atomic E-state index is -0.591. The Kier molecular flexibility index (Phi) is 4.72. The molecule has 9 heteroatoms. The summed E-state index contributed by atoms with van der Waals surface area (Å²) >= 11 is 0. The van der Waals surface area contributed by atoms with Gasteiger partial charge in [0, 0.05) is 24.5 Å². The van der Waals surface area contributed by atoms with Gasteiger partial charge < -0.3 is 14.6 Å². The minimum absolute atomic E-state index is 0.0816. The van der Waals surface area contributed by atoms with Crippen LogP contribution < -0.4 is 11.1 Å². The van der Waals surface area contributed by atoms with Crippen LogP contribution in [0.5, 0.6) is 0 Å². The molecule has 1 fully saturated rings. The van der Waals surface area contributed by atoms with Gasteiger partial charge in [0.15, 0.2) is 11.3 Å². The predicted octanol–water partition coefficient (Wildman–Crippen LogP) is 1.89. The number of nitrogens with one attached hydrogen (secondary N) is 2. The number of hydrogen-bond acceptors (Lipinski definition) is 5. The van der Waals surface area contributed by atoms with E-state index in [0.717, 1.165) is 25.0 Å². The molecule has 9 nitrogen and oxygen atoms in total. The van der Waals surface area contributed by atoms with Crippen molar-refractivity contribution in [2.45, 2.75) is 32.7 Å². The monoisotopic (exact) mass is 383 g/mol. The van der Waals surface area contributed by atoms with E-state index in [9.17, 15) is 14.4 Å². The Labute approximate surface area is 160 Å². The largest absolute Gasteiger partial charge is 0.420 e. The number of aromatic amines is 1. The van der Waals surface area contributed by atoms with Crippen molar-refractivity contribution in [3.8, 4) is 0 Å². The maximum atomic E-state index is 12.6. The summed E-state index contributed by atoms with van der Waals surface area (Å²) in [6, 6.07) is 6.50. The van der Waals surface area contributed by atoms with Gasteiger partial charge in [-0.25, -0.2) is 4.79 Å². The summed E-state index contributed by atoms with van der Waals surface area (Å²) in [4.78, 5) is 38.9. The summed E-state index contributed by atoms with van der Waals surface area (Å²) in [7, 11) is 0. The summed E-state index contributed by atoms with van der Waals surface area (Å²) in [5, 5.41) is 9.39. The quantitative estimate of drug-likeness (QED) is 0.714. The van der Waals surface area contributed by atoms with E-state index in [1.54, 1.807) is 36.1 Å². The van der Waals surface area contributed by atoms with E-state index in [1.165, 1.54) is 4.57 Å². The number of nitrogens with zero attached hydrogens (tertiary/aromatic N) is 3. The van der Waals surface area contributed by atoms with Gasteiger partial charge in [0.05, 0.1) is 5.52 Å². The Morgan fingerprint density at radius 1 is 1.21 bits per heavy atom. The molecule has 0 unspecified atom stereocenters. The number of hydrogen-bond donors (Lipinski definition) is 2. The summed E-state index contributed by atoms with van der Waals surface area (Å²) in [5.74, 6) is -1.07. The van der Waals surface area contributed by atoms with Crippen molar-refractivity contribution in [1.29, 1.82) is 0 Å². The van der Waals surface area contributed by atoms with E-state index >= 15 is 0 Å². The molecule has 0 bridgehead atoms. The van der Waals surface area contributed by atoms with Gasteiger partial charge in [0.25, 0.3) is 5.91 Å². The molecule has 4 rings (SSSR count). The summed E-state index contributed by atoms with van der Waals surface area (Å²) in [5.41, 5.74) is 2.36. The van der Waals surface area contributed by atoms with Crippen molar-refractivity contribution in [1.82, 2.24) is 19.7 Å². The third kappa shape index (κ3) is 3.55. The lowest BCUT2D eigenvalue weighted by molar-refractivity contribution is -0.132. The smallest absolute Gasteiger partial charge is 0.408 e. The number of H-pyrrole nitrogens is 1. The Morgan fingerprint density at radius 2 is 2.00 bits per heavy atom. The topological polar surface area (TPSA) is 113 Å². The van der Waals surface area contributed by atoms with E-state index in [4.69, 9.17) is 4.42 Å². The maximum Gasteiger partial charge on any atom is 0.420 e. The number of anilines is 1. The molecule has 2 amide bonds. The van der Waals surface area contributed by atoms with Crippen molar-refractivity contribution in [2.24, 2.45) is 0 Å². The summed E-state index contributed by atoms with van der Waals surface area (Å²) in [6.45, 7) is 3.16. The van der Waals surface area contributed by atoms with Gasteiger partial charge in [0.2, 0.25) is 5.91 Å². The zero-order valence-corrected chi connectivity index (χ0v) is 15.5. The fraction of sp³-hybridized carbons (Fsp3) is 0.368. The molecule has 28 heavy (non-hydrogen) atoms. The normalized spacial score (nSPS) is 14.4. The van der Waals surface area contributed by atoms with Crippen LogP contribution >= 0.6 is 0 Å². The molecule has 1 saturated heterocycles. The number of carbonyl (C=O) groups is 2. The minimum Gasteiger partial charge on any atom is -0.408 e. The zero-order chi connectivity index (χ0) is 19.7. The van der Waals surface area contributed by atoms with E-state index < -0.39 is 5.76 Å². The lowest BCUT2D eigenvalue weighted by atomic mass is 10.1. The third-order valence-electron chi connectivity index (χ3n) is 4.87. The average Bonchev–Trinajstić information content (AvgIpc) is 3.26. The highest BCUT2D eigenvalue weighted by Crippen LogP contribution is 2.20. The van der Waals surface area contributed by atoms with Crippen molar-refractivity contribution in [3.63, 3.8) is 0 Å². The first kappa shape index (κ1) is 18.0. The number of fused-ring (bicyclic) bond motifs is 1. The summed E-state index contributed by atoms with van der Waals surface area (Å²) < 4.78 is 6.55. The van der Waals surface area contributed by atoms with Gasteiger partial charge in [-0.05, 0) is 50.5 Å². The lowest BCUT2D eigenvalue weighted by Gasteiger charge is -2.26. The second-order valence-electron chi connectivity index (χ2n) is 6.97. The fourth-order valence-corrected chi connectivity index (χ4v) is 3.40. The van der Waals surface area contributed by atoms with Gasteiger partial charge in [-0.1, -0.05) is 0 Å². The Bertz CT molecular complexity index is 1090. The maximum absolute atomic E-state index is 12.6. The molecule has 2 aromatic heterocycles. The number of aryl methyl sites for hydroxylation is 1. The molecular formula is C19H21N5O4. The van der Waals surface area contributed by atoms with E-state index in [0.29, 0.717) is 29.9 Å². The Hall–Kier alpha value is -3.36. The zero-order valence-electron chi connectivity index (χ0n) is 15.5. The van der Waals surface area contributed by atoms with Crippen LogP contribution in [-0.4, -0.2) is 44.6 Å². The van der Waals surface area contributed by atoms with Crippen LogP contribution in [0.2, 0.25) is 0 Å². The van der Waals surface area contributed by atoms with Crippen LogP contribution in [0.15, 0.2) is 33.5 Å². The van der Waals surface area contributed by atoms with Crippen LogP contribution in [0.1, 0.15) is 35.4 Å². The third-order valence-corrected chi connectivity index (χ3v) is 4.87. The molecular weight excluding hydrogens is 362 g/mol. The molecule has 0 spiro atoms. The fourth-order valence-electron chi connectivity index (χ4n) is 3.40. The average molecular weight is 383 g/mol. The Morgan fingerprint density at radius 3 is 2.71 bits per heavy atom. The second kappa shape index (κ2) is 7.34. The summed E-state index contributed by atoms with van der Waals surface area (Å²) in [6.07, 6.45) is 3.09. The van der Waals surface area contributed by atoms with Crippen LogP contribution in [0.25, 0.3) is 11.1 Å². The first-order valence-electron chi connectivity index (χ1n) is 9.26. The van der Waals surface area contributed by atoms with Crippen LogP contribution in [0, 0.1) is 6.92 Å². The van der Waals surface area contributed by atoms with Crippen LogP contribution in [0.3, 0.4) is 0 Å². The van der Waals surface area contributed by atoms with Crippen LogP contribution in [-0.2, 0) is 11.3 Å². The molecule has 3 aromatic rings. The number of rotatable bonds is 4. The molecule has 0 aliphatic carbocycles. The molecule has 0 saturated carbocycles. The predicted molar refractivity (Wildman–Crippen MR) is 102 cm³/mol. The van der Waals surface area contributed by atoms with Gasteiger partial charge in [-0.2, -0.15) is 5.10 Å². The van der Waals surface area contributed by atoms with E-state index in [-0.39, 0.29) is 24.1 Å². The molecule has 2 N–H and O–H groups in total. The number of amides is 2. The van der Waals surface area contributed by atoms with Gasteiger partial charge >= 0.3 is 5.76 Å². The molecule has 1 aromatic carbocycles. The SMILES string of the molecule is Cc1cc(C(=O)Nc2ccc3oc(=O)n(CC(=O)N4CCCCC4)c3c2)n[nH]1. The number of aromatic nitrogens is 3. The number of oxazole rings is 1. The van der Waals surface area contributed by atoms with Crippen molar-refractivity contribution in [3.05, 3.63) is 46.2 Å². The van der Waals surface area contributed by atoms with Crippen molar-refractivity contribution in [2.75, 3.05) is 18.4 Å². The van der Waals surface area contributed by atoms with Crippen molar-refractivity contribution >= 4 is 28.6 Å².